The van der Waals surface area contributed by atoms with Gasteiger partial charge in [0.2, 0.25) is 5.96 Å². The van der Waals surface area contributed by atoms with Gasteiger partial charge in [-0.05, 0) is 24.0 Å². The lowest BCUT2D eigenvalue weighted by Gasteiger charge is -2.24. The number of hydrogen-bond donors (Lipinski definition) is 2. The summed E-state index contributed by atoms with van der Waals surface area (Å²) in [7, 11) is 0. The van der Waals surface area contributed by atoms with Crippen molar-refractivity contribution in [2.75, 3.05) is 0 Å². The number of nitrogens with two attached hydrogens (primary N) is 1. The van der Waals surface area contributed by atoms with Crippen molar-refractivity contribution in [1.29, 1.82) is 0 Å². The molecule has 0 amide bonds. The normalized spacial score (nSPS) is 20.5. The van der Waals surface area contributed by atoms with Gasteiger partial charge in [0.15, 0.2) is 0 Å². The van der Waals surface area contributed by atoms with Gasteiger partial charge < -0.3 is 4.90 Å². The van der Waals surface area contributed by atoms with E-state index in [2.05, 4.69) is 34.6 Å². The molecular formula is C15H22N4. The molecule has 0 spiro atoms. The van der Waals surface area contributed by atoms with Crippen molar-refractivity contribution in [3.05, 3.63) is 35.4 Å². The molecule has 1 heterocycles. The molecule has 102 valence electrons. The third-order valence-electron chi connectivity index (χ3n) is 4.15. The largest absolute Gasteiger partial charge is 0.333 e. The van der Waals surface area contributed by atoms with Crippen molar-refractivity contribution >= 4 is 5.96 Å². The van der Waals surface area contributed by atoms with Crippen LogP contribution in [0.2, 0.25) is 0 Å². The average molecular weight is 258 g/mol. The van der Waals surface area contributed by atoms with E-state index in [1.807, 2.05) is 0 Å². The number of nitrogens with zero attached hydrogens (tertiary/aromatic N) is 2. The first-order valence-electron chi connectivity index (χ1n) is 7.23. The topological polar surface area (TPSA) is 53.6 Å². The van der Waals surface area contributed by atoms with Crippen LogP contribution in [0.5, 0.6) is 0 Å². The summed E-state index contributed by atoms with van der Waals surface area (Å²) in [5, 5.41) is 0. The number of aliphatic imine (C=N–C) groups is 1. The zero-order valence-corrected chi connectivity index (χ0v) is 11.3. The fourth-order valence-corrected chi connectivity index (χ4v) is 3.08. The summed E-state index contributed by atoms with van der Waals surface area (Å²) < 4.78 is 0. The summed E-state index contributed by atoms with van der Waals surface area (Å²) in [6, 6.07) is 9.00. The fraction of sp³-hybridized carbons (Fsp3) is 0.533. The molecule has 0 unspecified atom stereocenters. The molecule has 0 atom stereocenters. The number of benzene rings is 1. The van der Waals surface area contributed by atoms with Gasteiger partial charge in [0.1, 0.15) is 0 Å². The highest BCUT2D eigenvalue weighted by Crippen LogP contribution is 2.24. The van der Waals surface area contributed by atoms with Gasteiger partial charge in [0.05, 0.1) is 6.04 Å². The number of hydrazine groups is 1. The predicted octanol–water partition coefficient (Wildman–Crippen LogP) is 2.15. The molecular weight excluding hydrogens is 236 g/mol. The maximum Gasteiger partial charge on any atom is 0.209 e. The number of rotatable bonds is 1. The van der Waals surface area contributed by atoms with Crippen molar-refractivity contribution in [1.82, 2.24) is 10.3 Å². The van der Waals surface area contributed by atoms with Gasteiger partial charge in [-0.25, -0.2) is 10.8 Å². The Labute approximate surface area is 114 Å². The quantitative estimate of drug-likeness (QED) is 0.351. The average Bonchev–Trinajstić information content (AvgIpc) is 2.89. The minimum atomic E-state index is 0.448. The van der Waals surface area contributed by atoms with E-state index in [1.54, 1.807) is 0 Å². The first-order valence-corrected chi connectivity index (χ1v) is 7.23. The molecule has 2 aliphatic rings. The second-order valence-corrected chi connectivity index (χ2v) is 5.51. The molecule has 1 aliphatic heterocycles. The maximum absolute atomic E-state index is 5.68. The molecule has 4 nitrogen and oxygen atoms in total. The zero-order chi connectivity index (χ0) is 13.1. The lowest BCUT2D eigenvalue weighted by atomic mass is 9.96. The van der Waals surface area contributed by atoms with Crippen molar-refractivity contribution in [3.63, 3.8) is 0 Å². The van der Waals surface area contributed by atoms with Gasteiger partial charge in [0, 0.05) is 13.1 Å². The van der Waals surface area contributed by atoms with Gasteiger partial charge >= 0.3 is 0 Å². The van der Waals surface area contributed by atoms with E-state index in [9.17, 15) is 0 Å². The highest BCUT2D eigenvalue weighted by Gasteiger charge is 2.22. The highest BCUT2D eigenvalue weighted by atomic mass is 15.4. The van der Waals surface area contributed by atoms with Crippen LogP contribution in [-0.2, 0) is 13.1 Å². The predicted molar refractivity (Wildman–Crippen MR) is 77.3 cm³/mol. The second kappa shape index (κ2) is 5.61. The van der Waals surface area contributed by atoms with Crippen LogP contribution in [0, 0.1) is 0 Å². The number of nitrogens with one attached hydrogen (secondary N) is 1. The molecule has 0 radical (unpaired) electrons. The molecule has 0 saturated heterocycles. The molecule has 0 bridgehead atoms. The van der Waals surface area contributed by atoms with E-state index in [1.165, 1.54) is 43.2 Å². The Hall–Kier alpha value is -1.55. The van der Waals surface area contributed by atoms with Crippen LogP contribution in [-0.4, -0.2) is 16.9 Å². The molecule has 0 aromatic heterocycles. The van der Waals surface area contributed by atoms with Crippen LogP contribution in [0.4, 0.5) is 0 Å². The van der Waals surface area contributed by atoms with E-state index >= 15 is 0 Å². The molecule has 19 heavy (non-hydrogen) atoms. The summed E-state index contributed by atoms with van der Waals surface area (Å²) in [6.45, 7) is 1.82. The zero-order valence-electron chi connectivity index (χ0n) is 11.3. The molecule has 1 aromatic rings. The summed E-state index contributed by atoms with van der Waals surface area (Å²) in [6.07, 6.45) is 6.35. The van der Waals surface area contributed by atoms with Gasteiger partial charge in [-0.15, -0.1) is 0 Å². The van der Waals surface area contributed by atoms with Gasteiger partial charge in [-0.1, -0.05) is 43.5 Å². The summed E-state index contributed by atoms with van der Waals surface area (Å²) >= 11 is 0. The van der Waals surface area contributed by atoms with Crippen LogP contribution in [0.25, 0.3) is 0 Å². The van der Waals surface area contributed by atoms with Crippen molar-refractivity contribution < 1.29 is 0 Å². The lowest BCUT2D eigenvalue weighted by molar-refractivity contribution is 0.402. The Balaban J connectivity index is 1.72. The van der Waals surface area contributed by atoms with Gasteiger partial charge in [-0.3, -0.25) is 5.43 Å². The van der Waals surface area contributed by atoms with Crippen molar-refractivity contribution in [2.24, 2.45) is 10.8 Å². The number of hydrogen-bond acceptors (Lipinski definition) is 2. The van der Waals surface area contributed by atoms with Crippen LogP contribution < -0.4 is 11.3 Å². The van der Waals surface area contributed by atoms with Crippen molar-refractivity contribution in [3.8, 4) is 0 Å². The molecule has 1 saturated carbocycles. The van der Waals surface area contributed by atoms with Crippen LogP contribution in [0.3, 0.4) is 0 Å². The Kier molecular flexibility index (Phi) is 3.69. The SMILES string of the molecule is NNC(=NC1CCCCC1)N1Cc2ccccc2C1. The first-order chi connectivity index (χ1) is 9.36. The van der Waals surface area contributed by atoms with E-state index in [0.717, 1.165) is 19.0 Å². The maximum atomic E-state index is 5.68. The van der Waals surface area contributed by atoms with Crippen LogP contribution >= 0.6 is 0 Å². The summed E-state index contributed by atoms with van der Waals surface area (Å²) in [5.41, 5.74) is 5.57. The van der Waals surface area contributed by atoms with E-state index in [-0.39, 0.29) is 0 Å². The highest BCUT2D eigenvalue weighted by molar-refractivity contribution is 5.80. The van der Waals surface area contributed by atoms with Crippen LogP contribution in [0.15, 0.2) is 29.3 Å². The second-order valence-electron chi connectivity index (χ2n) is 5.51. The number of guanidine groups is 1. The summed E-state index contributed by atoms with van der Waals surface area (Å²) in [5.74, 6) is 6.53. The first kappa shape index (κ1) is 12.5. The van der Waals surface area contributed by atoms with Gasteiger partial charge in [0.25, 0.3) is 0 Å². The third-order valence-corrected chi connectivity index (χ3v) is 4.15. The lowest BCUT2D eigenvalue weighted by Crippen LogP contribution is -2.43. The molecule has 3 rings (SSSR count). The monoisotopic (exact) mass is 258 g/mol. The smallest absolute Gasteiger partial charge is 0.209 e. The molecule has 3 N–H and O–H groups in total. The van der Waals surface area contributed by atoms with Crippen molar-refractivity contribution in [2.45, 2.75) is 51.2 Å². The number of fused-ring (bicyclic) bond motifs is 1. The standard InChI is InChI=1S/C15H22N4/c16-18-15(17-14-8-2-1-3-9-14)19-10-12-6-4-5-7-13(12)11-19/h4-7,14H,1-3,8-11,16H2,(H,17,18). The summed E-state index contributed by atoms with van der Waals surface area (Å²) in [4.78, 5) is 7.06. The van der Waals surface area contributed by atoms with E-state index < -0.39 is 0 Å². The van der Waals surface area contributed by atoms with E-state index in [4.69, 9.17) is 10.8 Å². The molecule has 1 aromatic carbocycles. The Morgan fingerprint density at radius 1 is 1.11 bits per heavy atom. The van der Waals surface area contributed by atoms with E-state index in [0.29, 0.717) is 6.04 Å². The fourth-order valence-electron chi connectivity index (χ4n) is 3.08. The Morgan fingerprint density at radius 2 is 1.74 bits per heavy atom. The Bertz CT molecular complexity index is 438. The minimum Gasteiger partial charge on any atom is -0.333 e. The Morgan fingerprint density at radius 3 is 2.32 bits per heavy atom. The molecule has 4 heteroatoms. The minimum absolute atomic E-state index is 0.448. The van der Waals surface area contributed by atoms with Gasteiger partial charge in [-0.2, -0.15) is 0 Å². The molecule has 1 aliphatic carbocycles. The molecule has 1 fully saturated rings. The third kappa shape index (κ3) is 2.73. The van der Waals surface area contributed by atoms with Crippen LogP contribution in [0.1, 0.15) is 43.2 Å².